The molecule has 9 nitrogen and oxygen atoms in total. The van der Waals surface area contributed by atoms with Crippen LogP contribution in [0.1, 0.15) is 32.2 Å². The highest BCUT2D eigenvalue weighted by Crippen LogP contribution is 2.34. The lowest BCUT2D eigenvalue weighted by Gasteiger charge is -2.34. The van der Waals surface area contributed by atoms with E-state index < -0.39 is 23.8 Å². The van der Waals surface area contributed by atoms with Crippen LogP contribution in [0.15, 0.2) is 24.8 Å². The molecule has 3 heterocycles. The largest absolute Gasteiger partial charge is 0.442 e. The molecule has 1 aromatic carbocycles. The van der Waals surface area contributed by atoms with Gasteiger partial charge in [0, 0.05) is 37.7 Å². The molecule has 1 atom stereocenters. The summed E-state index contributed by atoms with van der Waals surface area (Å²) < 4.78 is 36.9. The number of halogens is 2. The maximum absolute atomic E-state index is 14.9. The van der Waals surface area contributed by atoms with Crippen molar-refractivity contribution in [2.75, 3.05) is 36.0 Å². The van der Waals surface area contributed by atoms with Gasteiger partial charge in [-0.3, -0.25) is 9.69 Å². The van der Waals surface area contributed by atoms with Gasteiger partial charge in [-0.1, -0.05) is 6.92 Å². The van der Waals surface area contributed by atoms with E-state index in [9.17, 15) is 18.4 Å². The molecule has 0 unspecified atom stereocenters. The molecule has 2 aliphatic rings. The molecule has 0 spiro atoms. The summed E-state index contributed by atoms with van der Waals surface area (Å²) in [5.41, 5.74) is -0.00211. The monoisotopic (exact) mass is 434 g/mol. The van der Waals surface area contributed by atoms with Crippen LogP contribution in [-0.4, -0.2) is 59.0 Å². The first-order valence-electron chi connectivity index (χ1n) is 10.3. The quantitative estimate of drug-likeness (QED) is 0.750. The van der Waals surface area contributed by atoms with Gasteiger partial charge in [-0.05, 0) is 12.8 Å². The number of hydrogen-bond donors (Lipinski definition) is 1. The summed E-state index contributed by atoms with van der Waals surface area (Å²) in [6.07, 6.45) is 3.75. The van der Waals surface area contributed by atoms with E-state index in [0.29, 0.717) is 32.4 Å². The second kappa shape index (κ2) is 8.86. The van der Waals surface area contributed by atoms with Crippen LogP contribution in [0.25, 0.3) is 0 Å². The average Bonchev–Trinajstić information content (AvgIpc) is 3.42. The standard InChI is InChI=1S/C20H24F2N6O3/c1-2-18(29)23-9-15-10-28(20(30)31-15)14-7-16(21)19(17(22)8-14)26-5-3-13(4-6-26)27-11-24-25-12-27/h7-8,11-13,15H,2-6,9-10H2,1H3,(H,23,29)/t15-/m0/s1. The molecule has 2 aliphatic heterocycles. The first-order valence-corrected chi connectivity index (χ1v) is 10.3. The molecule has 4 rings (SSSR count). The Labute approximate surface area is 178 Å². The summed E-state index contributed by atoms with van der Waals surface area (Å²) in [4.78, 5) is 26.4. The van der Waals surface area contributed by atoms with E-state index in [1.54, 1.807) is 24.5 Å². The van der Waals surface area contributed by atoms with E-state index in [0.717, 1.165) is 12.1 Å². The fourth-order valence-electron chi connectivity index (χ4n) is 3.99. The van der Waals surface area contributed by atoms with E-state index in [4.69, 9.17) is 4.74 Å². The Kier molecular flexibility index (Phi) is 6.01. The van der Waals surface area contributed by atoms with E-state index >= 15 is 0 Å². The Bertz CT molecular complexity index is 923. The molecule has 1 N–H and O–H groups in total. The third-order valence-corrected chi connectivity index (χ3v) is 5.67. The molecule has 1 aromatic heterocycles. The lowest BCUT2D eigenvalue weighted by Crippen LogP contribution is -2.36. The Morgan fingerprint density at radius 2 is 1.84 bits per heavy atom. The maximum Gasteiger partial charge on any atom is 0.414 e. The lowest BCUT2D eigenvalue weighted by molar-refractivity contribution is -0.121. The highest BCUT2D eigenvalue weighted by atomic mass is 19.1. The molecule has 31 heavy (non-hydrogen) atoms. The van der Waals surface area contributed by atoms with Crippen LogP contribution in [0.4, 0.5) is 25.0 Å². The number of hydrogen-bond acceptors (Lipinski definition) is 6. The molecule has 0 radical (unpaired) electrons. The molecular weight excluding hydrogens is 410 g/mol. The number of cyclic esters (lactones) is 1. The van der Waals surface area contributed by atoms with Crippen molar-refractivity contribution >= 4 is 23.4 Å². The molecule has 0 bridgehead atoms. The van der Waals surface area contributed by atoms with Crippen LogP contribution < -0.4 is 15.1 Å². The zero-order valence-electron chi connectivity index (χ0n) is 17.1. The fourth-order valence-corrected chi connectivity index (χ4v) is 3.99. The molecule has 166 valence electrons. The summed E-state index contributed by atoms with van der Waals surface area (Å²) in [6.45, 7) is 2.94. The van der Waals surface area contributed by atoms with E-state index in [-0.39, 0.29) is 36.4 Å². The van der Waals surface area contributed by atoms with Crippen LogP contribution in [0, 0.1) is 11.6 Å². The summed E-state index contributed by atoms with van der Waals surface area (Å²) in [5, 5.41) is 10.3. The van der Waals surface area contributed by atoms with Crippen molar-refractivity contribution in [3.05, 3.63) is 36.4 Å². The normalized spacial score (nSPS) is 19.6. The molecule has 11 heteroatoms. The van der Waals surface area contributed by atoms with Crippen LogP contribution in [0.2, 0.25) is 0 Å². The first kappa shape index (κ1) is 21.0. The molecule has 2 saturated heterocycles. The molecular formula is C20H24F2N6O3. The minimum atomic E-state index is -0.728. The molecule has 2 aromatic rings. The number of amides is 2. The Morgan fingerprint density at radius 3 is 2.45 bits per heavy atom. The minimum absolute atomic E-state index is 0.0902. The van der Waals surface area contributed by atoms with Gasteiger partial charge in [0.15, 0.2) is 11.6 Å². The predicted octanol–water partition coefficient (Wildman–Crippen LogP) is 2.25. The third-order valence-electron chi connectivity index (χ3n) is 5.67. The number of anilines is 2. The molecule has 0 aliphatic carbocycles. The summed E-state index contributed by atoms with van der Waals surface area (Å²) >= 11 is 0. The number of carbonyl (C=O) groups excluding carboxylic acids is 2. The highest BCUT2D eigenvalue weighted by molar-refractivity contribution is 5.90. The van der Waals surface area contributed by atoms with Crippen LogP contribution in [-0.2, 0) is 9.53 Å². The Hall–Kier alpha value is -3.24. The van der Waals surface area contributed by atoms with Crippen LogP contribution in [0.5, 0.6) is 0 Å². The van der Waals surface area contributed by atoms with Gasteiger partial charge in [-0.15, -0.1) is 10.2 Å². The van der Waals surface area contributed by atoms with Crippen molar-refractivity contribution in [2.45, 2.75) is 38.3 Å². The molecule has 0 saturated carbocycles. The zero-order valence-corrected chi connectivity index (χ0v) is 17.1. The number of rotatable bonds is 6. The summed E-state index contributed by atoms with van der Waals surface area (Å²) in [5.74, 6) is -1.62. The lowest BCUT2D eigenvalue weighted by atomic mass is 10.0. The number of nitrogens with zero attached hydrogens (tertiary/aromatic N) is 5. The van der Waals surface area contributed by atoms with Gasteiger partial charge in [0.05, 0.1) is 18.8 Å². The van der Waals surface area contributed by atoms with Gasteiger partial charge in [0.25, 0.3) is 0 Å². The van der Waals surface area contributed by atoms with E-state index in [1.807, 2.05) is 4.57 Å². The number of aromatic nitrogens is 3. The first-order chi connectivity index (χ1) is 15.0. The molecule has 2 fully saturated rings. The van der Waals surface area contributed by atoms with Gasteiger partial charge < -0.3 is 19.5 Å². The third kappa shape index (κ3) is 4.44. The number of nitrogens with one attached hydrogen (secondary N) is 1. The number of ether oxygens (including phenoxy) is 1. The number of carbonyl (C=O) groups is 2. The molecule has 2 amide bonds. The number of benzene rings is 1. The van der Waals surface area contributed by atoms with Gasteiger partial charge in [0.1, 0.15) is 24.4 Å². The zero-order chi connectivity index (χ0) is 22.0. The van der Waals surface area contributed by atoms with Crippen molar-refractivity contribution < 1.29 is 23.1 Å². The average molecular weight is 434 g/mol. The fraction of sp³-hybridized carbons (Fsp3) is 0.500. The Balaban J connectivity index is 1.43. The van der Waals surface area contributed by atoms with Crippen molar-refractivity contribution in [2.24, 2.45) is 0 Å². The van der Waals surface area contributed by atoms with Crippen LogP contribution >= 0.6 is 0 Å². The summed E-state index contributed by atoms with van der Waals surface area (Å²) in [6, 6.07) is 2.50. The summed E-state index contributed by atoms with van der Waals surface area (Å²) in [7, 11) is 0. The topological polar surface area (TPSA) is 92.6 Å². The minimum Gasteiger partial charge on any atom is -0.442 e. The van der Waals surface area contributed by atoms with Crippen molar-refractivity contribution in [3.8, 4) is 0 Å². The smallest absolute Gasteiger partial charge is 0.414 e. The highest BCUT2D eigenvalue weighted by Gasteiger charge is 2.34. The number of piperidine rings is 1. The SMILES string of the molecule is CCC(=O)NC[C@H]1CN(c2cc(F)c(N3CCC(n4cnnc4)CC3)c(F)c2)C(=O)O1. The van der Waals surface area contributed by atoms with Gasteiger partial charge in [-0.25, -0.2) is 13.6 Å². The predicted molar refractivity (Wildman–Crippen MR) is 108 cm³/mol. The van der Waals surface area contributed by atoms with Crippen molar-refractivity contribution in [1.29, 1.82) is 0 Å². The Morgan fingerprint density at radius 1 is 1.19 bits per heavy atom. The van der Waals surface area contributed by atoms with E-state index in [2.05, 4.69) is 15.5 Å². The van der Waals surface area contributed by atoms with Crippen LogP contribution in [0.3, 0.4) is 0 Å². The van der Waals surface area contributed by atoms with Crippen molar-refractivity contribution in [1.82, 2.24) is 20.1 Å². The van der Waals surface area contributed by atoms with E-state index in [1.165, 1.54) is 4.90 Å². The van der Waals surface area contributed by atoms with Gasteiger partial charge in [-0.2, -0.15) is 0 Å². The maximum atomic E-state index is 14.9. The second-order valence-electron chi connectivity index (χ2n) is 7.66. The second-order valence-corrected chi connectivity index (χ2v) is 7.66. The van der Waals surface area contributed by atoms with Gasteiger partial charge >= 0.3 is 6.09 Å². The van der Waals surface area contributed by atoms with Crippen molar-refractivity contribution in [3.63, 3.8) is 0 Å². The van der Waals surface area contributed by atoms with Gasteiger partial charge in [0.2, 0.25) is 5.91 Å².